The summed E-state index contributed by atoms with van der Waals surface area (Å²) in [6.45, 7) is 7.98. The molecule has 3 heterocycles. The number of benzene rings is 7. The van der Waals surface area contributed by atoms with Gasteiger partial charge in [-0.2, -0.15) is 5.26 Å². The summed E-state index contributed by atoms with van der Waals surface area (Å²) >= 11 is 0. The maximum absolute atomic E-state index is 10.2. The third kappa shape index (κ3) is 3.79. The molecule has 5 nitrogen and oxygen atoms in total. The van der Waals surface area contributed by atoms with Crippen LogP contribution >= 0.6 is 0 Å². The van der Waals surface area contributed by atoms with Crippen molar-refractivity contribution in [2.45, 2.75) is 0 Å². The number of hydrogen-bond donors (Lipinski definition) is 0. The van der Waals surface area contributed by atoms with Crippen LogP contribution in [0.2, 0.25) is 0 Å². The molecule has 10 aromatic rings. The van der Waals surface area contributed by atoms with Gasteiger partial charge in [0.15, 0.2) is 5.69 Å². The second-order valence-corrected chi connectivity index (χ2v) is 12.3. The van der Waals surface area contributed by atoms with Crippen molar-refractivity contribution in [1.29, 1.82) is 5.26 Å². The number of rotatable bonds is 3. The Hall–Kier alpha value is -7.08. The Kier molecular flexibility index (Phi) is 5.64. The lowest BCUT2D eigenvalue weighted by atomic mass is 9.98. The van der Waals surface area contributed by atoms with Crippen molar-refractivity contribution in [3.63, 3.8) is 0 Å². The largest absolute Gasteiger partial charge is 0.456 e. The third-order valence-electron chi connectivity index (χ3n) is 9.76. The lowest BCUT2D eigenvalue weighted by Crippen LogP contribution is -2.02. The normalized spacial score (nSPS) is 11.6. The first-order chi connectivity index (χ1) is 24.2. The van der Waals surface area contributed by atoms with Gasteiger partial charge in [-0.3, -0.25) is 0 Å². The molecule has 0 fully saturated rings. The van der Waals surface area contributed by atoms with E-state index < -0.39 is 0 Å². The molecule has 0 aliphatic carbocycles. The highest BCUT2D eigenvalue weighted by Crippen LogP contribution is 2.45. The Morgan fingerprint density at radius 3 is 1.78 bits per heavy atom. The van der Waals surface area contributed by atoms with Gasteiger partial charge in [-0.05, 0) is 72.3 Å². The van der Waals surface area contributed by atoms with E-state index in [1.54, 1.807) is 0 Å². The molecule has 226 valence electrons. The predicted octanol–water partition coefficient (Wildman–Crippen LogP) is 11.9. The van der Waals surface area contributed by atoms with Gasteiger partial charge in [-0.15, -0.1) is 0 Å². The fourth-order valence-corrected chi connectivity index (χ4v) is 7.74. The summed E-state index contributed by atoms with van der Waals surface area (Å²) in [5.41, 5.74) is 10.6. The maximum atomic E-state index is 10.2. The molecule has 0 amide bonds. The van der Waals surface area contributed by atoms with E-state index in [4.69, 9.17) is 11.0 Å². The van der Waals surface area contributed by atoms with Gasteiger partial charge in [0.1, 0.15) is 11.2 Å². The summed E-state index contributed by atoms with van der Waals surface area (Å²) < 4.78 is 10.9. The molecule has 3 aromatic heterocycles. The zero-order valence-electron chi connectivity index (χ0n) is 26.1. The second kappa shape index (κ2) is 10.2. The van der Waals surface area contributed by atoms with E-state index in [0.717, 1.165) is 88.1 Å². The Morgan fingerprint density at radius 1 is 0.510 bits per heavy atom. The van der Waals surface area contributed by atoms with Crippen LogP contribution in [-0.2, 0) is 0 Å². The second-order valence-electron chi connectivity index (χ2n) is 12.3. The lowest BCUT2D eigenvalue weighted by molar-refractivity contribution is 0.669. The first kappa shape index (κ1) is 27.1. The van der Waals surface area contributed by atoms with Crippen molar-refractivity contribution in [2.24, 2.45) is 0 Å². The topological polar surface area (TPSA) is 51.1 Å². The highest BCUT2D eigenvalue weighted by molar-refractivity contribution is 6.27. The highest BCUT2D eigenvalue weighted by Gasteiger charge is 2.23. The monoisotopic (exact) mass is 624 g/mol. The van der Waals surface area contributed by atoms with Gasteiger partial charge in [0.05, 0.1) is 51.6 Å². The molecule has 0 atom stereocenters. The molecule has 7 aromatic carbocycles. The van der Waals surface area contributed by atoms with Crippen molar-refractivity contribution in [2.75, 3.05) is 0 Å². The van der Waals surface area contributed by atoms with Crippen LogP contribution in [0.1, 0.15) is 5.56 Å². The zero-order valence-corrected chi connectivity index (χ0v) is 26.1. The molecule has 0 aliphatic rings. The van der Waals surface area contributed by atoms with Gasteiger partial charge in [-0.1, -0.05) is 78.9 Å². The fraction of sp³-hybridized carbons (Fsp3) is 0. The zero-order chi connectivity index (χ0) is 32.6. The minimum absolute atomic E-state index is 0.529. The Labute approximate surface area is 280 Å². The SMILES string of the molecule is [C-]#[N+]c1ccc(-n2c3ccccc3c3ccccc32)c(-c2cc(C#N)ccc2-n2c3ccccc3c3c4c(ccc32)oc2ccccc24)c1. The molecule has 5 heteroatoms. The van der Waals surface area contributed by atoms with E-state index in [1.807, 2.05) is 48.5 Å². The minimum atomic E-state index is 0.529. The smallest absolute Gasteiger partial charge is 0.188 e. The van der Waals surface area contributed by atoms with Crippen LogP contribution in [0.15, 0.2) is 150 Å². The Morgan fingerprint density at radius 2 is 1.08 bits per heavy atom. The maximum Gasteiger partial charge on any atom is 0.188 e. The van der Waals surface area contributed by atoms with E-state index in [-0.39, 0.29) is 0 Å². The van der Waals surface area contributed by atoms with Crippen LogP contribution in [0, 0.1) is 17.9 Å². The van der Waals surface area contributed by atoms with Gasteiger partial charge in [0.25, 0.3) is 0 Å². The fourth-order valence-electron chi connectivity index (χ4n) is 7.74. The molecule has 0 aliphatic heterocycles. The third-order valence-corrected chi connectivity index (χ3v) is 9.76. The van der Waals surface area contributed by atoms with Crippen LogP contribution in [-0.4, -0.2) is 9.13 Å². The highest BCUT2D eigenvalue weighted by atomic mass is 16.3. The van der Waals surface area contributed by atoms with E-state index in [0.29, 0.717) is 11.3 Å². The Balaban J connectivity index is 1.35. The molecule has 0 saturated heterocycles. The van der Waals surface area contributed by atoms with E-state index in [9.17, 15) is 5.26 Å². The van der Waals surface area contributed by atoms with Crippen LogP contribution in [0.3, 0.4) is 0 Å². The van der Waals surface area contributed by atoms with E-state index in [2.05, 4.69) is 117 Å². The standard InChI is InChI=1S/C44H24N4O/c1-46-28-19-21-39(47-35-14-6-2-10-29(35)30-11-3-7-15-36(30)47)34(25-28)33-24-27(26-45)18-20-38(33)48-37-16-8-4-12-31(37)43-40(48)22-23-42-44(43)32-13-5-9-17-41(32)49-42/h2-25H. The average Bonchev–Trinajstić information content (AvgIpc) is 3.82. The molecule has 0 saturated carbocycles. The first-order valence-electron chi connectivity index (χ1n) is 16.1. The number of nitrogens with zero attached hydrogens (tertiary/aromatic N) is 4. The number of furan rings is 1. The molecular formula is C44H24N4O. The number of hydrogen-bond acceptors (Lipinski definition) is 2. The summed E-state index contributed by atoms with van der Waals surface area (Å²) in [4.78, 5) is 3.85. The summed E-state index contributed by atoms with van der Waals surface area (Å²) in [6, 6.07) is 51.8. The summed E-state index contributed by atoms with van der Waals surface area (Å²) in [7, 11) is 0. The number of para-hydroxylation sites is 4. The van der Waals surface area contributed by atoms with Crippen molar-refractivity contribution in [1.82, 2.24) is 9.13 Å². The van der Waals surface area contributed by atoms with Crippen LogP contribution in [0.4, 0.5) is 5.69 Å². The van der Waals surface area contributed by atoms with Crippen LogP contribution < -0.4 is 0 Å². The van der Waals surface area contributed by atoms with Crippen molar-refractivity contribution < 1.29 is 4.42 Å². The number of fused-ring (bicyclic) bond motifs is 10. The van der Waals surface area contributed by atoms with Crippen LogP contribution in [0.25, 0.3) is 92.9 Å². The average molecular weight is 625 g/mol. The molecular weight excluding hydrogens is 601 g/mol. The Bertz CT molecular complexity index is 3030. The van der Waals surface area contributed by atoms with Gasteiger partial charge in [0, 0.05) is 37.9 Å². The summed E-state index contributed by atoms with van der Waals surface area (Å²) in [6.07, 6.45) is 0. The molecule has 0 bridgehead atoms. The molecule has 0 unspecified atom stereocenters. The van der Waals surface area contributed by atoms with Gasteiger partial charge in [-0.25, -0.2) is 4.85 Å². The van der Waals surface area contributed by atoms with Crippen LogP contribution in [0.5, 0.6) is 0 Å². The predicted molar refractivity (Wildman–Crippen MR) is 199 cm³/mol. The minimum Gasteiger partial charge on any atom is -0.456 e. The van der Waals surface area contributed by atoms with Crippen molar-refractivity contribution >= 4 is 71.2 Å². The summed E-state index contributed by atoms with van der Waals surface area (Å²) in [5.74, 6) is 0. The quantitative estimate of drug-likeness (QED) is 0.184. The van der Waals surface area contributed by atoms with Gasteiger partial charge >= 0.3 is 0 Å². The van der Waals surface area contributed by atoms with Gasteiger partial charge in [0.2, 0.25) is 0 Å². The van der Waals surface area contributed by atoms with E-state index >= 15 is 0 Å². The van der Waals surface area contributed by atoms with Crippen molar-refractivity contribution in [3.8, 4) is 28.6 Å². The molecule has 0 spiro atoms. The number of aromatic nitrogens is 2. The molecule has 10 rings (SSSR count). The number of nitriles is 1. The van der Waals surface area contributed by atoms with E-state index in [1.165, 1.54) is 0 Å². The van der Waals surface area contributed by atoms with Gasteiger partial charge < -0.3 is 13.6 Å². The lowest BCUT2D eigenvalue weighted by Gasteiger charge is -2.19. The summed E-state index contributed by atoms with van der Waals surface area (Å²) in [5, 5.41) is 16.9. The first-order valence-corrected chi connectivity index (χ1v) is 16.1. The van der Waals surface area contributed by atoms with Crippen molar-refractivity contribution in [3.05, 3.63) is 163 Å². The molecule has 0 N–H and O–H groups in total. The molecule has 0 radical (unpaired) electrons. The molecule has 49 heavy (non-hydrogen) atoms.